The summed E-state index contributed by atoms with van der Waals surface area (Å²) in [4.78, 5) is 15.7. The highest BCUT2D eigenvalue weighted by Gasteiger charge is 2.29. The Balaban J connectivity index is 2.43. The number of nitrogens with zero attached hydrogens (tertiary/aromatic N) is 1. The van der Waals surface area contributed by atoms with E-state index in [2.05, 4.69) is 24.1 Å². The summed E-state index contributed by atoms with van der Waals surface area (Å²) < 4.78 is 5.71. The van der Waals surface area contributed by atoms with E-state index in [1.54, 1.807) is 6.20 Å². The Morgan fingerprint density at radius 3 is 2.94 bits per heavy atom. The second-order valence-corrected chi connectivity index (χ2v) is 4.24. The van der Waals surface area contributed by atoms with Crippen molar-refractivity contribution in [3.8, 4) is 5.75 Å². The number of amides is 1. The van der Waals surface area contributed by atoms with Crippen molar-refractivity contribution in [2.24, 2.45) is 0 Å². The van der Waals surface area contributed by atoms with Gasteiger partial charge in [-0.05, 0) is 18.4 Å². The molecule has 0 saturated heterocycles. The highest BCUT2D eigenvalue weighted by Crippen LogP contribution is 2.35. The number of ether oxygens (including phenoxy) is 1. The lowest BCUT2D eigenvalue weighted by atomic mass is 10.0. The lowest BCUT2D eigenvalue weighted by Crippen LogP contribution is -2.37. The van der Waals surface area contributed by atoms with E-state index in [-0.39, 0.29) is 5.91 Å². The lowest BCUT2D eigenvalue weighted by Gasteiger charge is -2.26. The molecule has 1 amide bonds. The molecule has 0 aliphatic carbocycles. The third-order valence-corrected chi connectivity index (χ3v) is 2.72. The first kappa shape index (κ1) is 10.9. The molecule has 1 N–H and O–H groups in total. The van der Waals surface area contributed by atoms with Crippen LogP contribution in [0.3, 0.4) is 0 Å². The molecule has 4 nitrogen and oxygen atoms in total. The van der Waals surface area contributed by atoms with Crippen LogP contribution in [0.1, 0.15) is 38.7 Å². The molecule has 1 aliphatic rings. The molecule has 4 heteroatoms. The average Bonchev–Trinajstić information content (AvgIpc) is 2.26. The molecule has 0 bridgehead atoms. The smallest absolute Gasteiger partial charge is 0.266 e. The molecular weight excluding hydrogens is 204 g/mol. The maximum absolute atomic E-state index is 11.6. The summed E-state index contributed by atoms with van der Waals surface area (Å²) in [5.41, 5.74) is 1.09. The van der Waals surface area contributed by atoms with Crippen LogP contribution < -0.4 is 10.1 Å². The van der Waals surface area contributed by atoms with Crippen LogP contribution in [0, 0.1) is 0 Å². The van der Waals surface area contributed by atoms with Gasteiger partial charge in [0.2, 0.25) is 0 Å². The zero-order valence-electron chi connectivity index (χ0n) is 9.78. The second-order valence-electron chi connectivity index (χ2n) is 4.24. The number of anilines is 1. The van der Waals surface area contributed by atoms with Crippen molar-refractivity contribution in [1.29, 1.82) is 0 Å². The zero-order chi connectivity index (χ0) is 11.7. The van der Waals surface area contributed by atoms with Crippen LogP contribution in [0.25, 0.3) is 0 Å². The number of nitrogens with one attached hydrogen (secondary N) is 1. The Morgan fingerprint density at radius 2 is 2.31 bits per heavy atom. The highest BCUT2D eigenvalue weighted by atomic mass is 16.5. The van der Waals surface area contributed by atoms with Crippen molar-refractivity contribution < 1.29 is 9.53 Å². The van der Waals surface area contributed by atoms with Gasteiger partial charge in [0, 0.05) is 11.8 Å². The van der Waals surface area contributed by atoms with Gasteiger partial charge < -0.3 is 10.1 Å². The largest absolute Gasteiger partial charge is 0.476 e. The van der Waals surface area contributed by atoms with Gasteiger partial charge in [-0.1, -0.05) is 20.8 Å². The Hall–Kier alpha value is -1.58. The number of carbonyl (C=O) groups excluding carboxylic acids is 1. The SMILES string of the molecule is CC[C@H]1Oc2c(C(C)C)ccnc2NC1=O. The Labute approximate surface area is 95.0 Å². The number of hydrogen-bond donors (Lipinski definition) is 1. The molecule has 1 aromatic rings. The number of carbonyl (C=O) groups is 1. The molecule has 0 unspecified atom stereocenters. The molecule has 2 heterocycles. The molecule has 1 aromatic heterocycles. The normalized spacial score (nSPS) is 19.0. The molecule has 0 radical (unpaired) electrons. The summed E-state index contributed by atoms with van der Waals surface area (Å²) in [6.07, 6.45) is 1.97. The van der Waals surface area contributed by atoms with Gasteiger partial charge in [0.15, 0.2) is 17.7 Å². The number of fused-ring (bicyclic) bond motifs is 1. The quantitative estimate of drug-likeness (QED) is 0.832. The summed E-state index contributed by atoms with van der Waals surface area (Å²) in [6, 6.07) is 1.94. The third kappa shape index (κ3) is 1.75. The van der Waals surface area contributed by atoms with Crippen molar-refractivity contribution >= 4 is 11.7 Å². The van der Waals surface area contributed by atoms with Gasteiger partial charge in [0.05, 0.1) is 0 Å². The highest BCUT2D eigenvalue weighted by molar-refractivity contribution is 5.96. The molecule has 2 rings (SSSR count). The van der Waals surface area contributed by atoms with Gasteiger partial charge >= 0.3 is 0 Å². The van der Waals surface area contributed by atoms with E-state index in [0.29, 0.717) is 18.2 Å². The van der Waals surface area contributed by atoms with Gasteiger partial charge in [-0.25, -0.2) is 4.98 Å². The number of pyridine rings is 1. The molecule has 1 atom stereocenters. The maximum Gasteiger partial charge on any atom is 0.266 e. The average molecular weight is 220 g/mol. The van der Waals surface area contributed by atoms with Crippen molar-refractivity contribution in [3.05, 3.63) is 17.8 Å². The van der Waals surface area contributed by atoms with Crippen molar-refractivity contribution in [1.82, 2.24) is 4.98 Å². The summed E-state index contributed by atoms with van der Waals surface area (Å²) in [5.74, 6) is 1.51. The topological polar surface area (TPSA) is 51.2 Å². The van der Waals surface area contributed by atoms with Crippen LogP contribution in [0.4, 0.5) is 5.82 Å². The summed E-state index contributed by atoms with van der Waals surface area (Å²) in [7, 11) is 0. The third-order valence-electron chi connectivity index (χ3n) is 2.72. The van der Waals surface area contributed by atoms with Crippen LogP contribution in [0.2, 0.25) is 0 Å². The molecule has 0 fully saturated rings. The van der Waals surface area contributed by atoms with Crippen LogP contribution in [-0.4, -0.2) is 17.0 Å². The van der Waals surface area contributed by atoms with E-state index in [9.17, 15) is 4.79 Å². The van der Waals surface area contributed by atoms with E-state index in [1.807, 2.05) is 13.0 Å². The van der Waals surface area contributed by atoms with Crippen molar-refractivity contribution in [3.63, 3.8) is 0 Å². The first-order chi connectivity index (χ1) is 7.63. The van der Waals surface area contributed by atoms with Gasteiger partial charge in [-0.3, -0.25) is 4.79 Å². The standard InChI is InChI=1S/C12H16N2O2/c1-4-9-12(15)14-11-10(16-9)8(7(2)3)5-6-13-11/h5-7,9H,4H2,1-3H3,(H,13,14,15)/t9-/m1/s1. The zero-order valence-corrected chi connectivity index (χ0v) is 9.78. The fourth-order valence-corrected chi connectivity index (χ4v) is 1.79. The molecule has 1 aliphatic heterocycles. The van der Waals surface area contributed by atoms with Crippen molar-refractivity contribution in [2.45, 2.75) is 39.2 Å². The minimum absolute atomic E-state index is 0.108. The minimum atomic E-state index is -0.394. The summed E-state index contributed by atoms with van der Waals surface area (Å²) in [6.45, 7) is 6.12. The number of aromatic nitrogens is 1. The summed E-state index contributed by atoms with van der Waals surface area (Å²) in [5, 5.41) is 2.78. The predicted molar refractivity (Wildman–Crippen MR) is 61.7 cm³/mol. The first-order valence-electron chi connectivity index (χ1n) is 5.60. The van der Waals surface area contributed by atoms with Crippen LogP contribution in [0.15, 0.2) is 12.3 Å². The monoisotopic (exact) mass is 220 g/mol. The van der Waals surface area contributed by atoms with E-state index in [4.69, 9.17) is 4.74 Å². The molecule has 0 aromatic carbocycles. The van der Waals surface area contributed by atoms with Gasteiger partial charge in [0.25, 0.3) is 5.91 Å². The van der Waals surface area contributed by atoms with Gasteiger partial charge in [-0.15, -0.1) is 0 Å². The van der Waals surface area contributed by atoms with Crippen LogP contribution in [-0.2, 0) is 4.79 Å². The predicted octanol–water partition coefficient (Wildman–Crippen LogP) is 2.31. The molecule has 0 saturated carbocycles. The Kier molecular flexibility index (Phi) is 2.81. The fourth-order valence-electron chi connectivity index (χ4n) is 1.79. The van der Waals surface area contributed by atoms with Crippen molar-refractivity contribution in [2.75, 3.05) is 5.32 Å². The molecule has 0 spiro atoms. The van der Waals surface area contributed by atoms with Gasteiger partial charge in [-0.2, -0.15) is 0 Å². The van der Waals surface area contributed by atoms with Gasteiger partial charge in [0.1, 0.15) is 0 Å². The lowest BCUT2D eigenvalue weighted by molar-refractivity contribution is -0.123. The summed E-state index contributed by atoms with van der Waals surface area (Å²) >= 11 is 0. The fraction of sp³-hybridized carbons (Fsp3) is 0.500. The Bertz CT molecular complexity index is 415. The van der Waals surface area contributed by atoms with Crippen LogP contribution in [0.5, 0.6) is 5.75 Å². The van der Waals surface area contributed by atoms with E-state index < -0.39 is 6.10 Å². The van der Waals surface area contributed by atoms with Crippen LogP contribution >= 0.6 is 0 Å². The maximum atomic E-state index is 11.6. The molecular formula is C12H16N2O2. The molecule has 86 valence electrons. The first-order valence-corrected chi connectivity index (χ1v) is 5.60. The van der Waals surface area contributed by atoms with E-state index in [0.717, 1.165) is 11.3 Å². The van der Waals surface area contributed by atoms with E-state index >= 15 is 0 Å². The minimum Gasteiger partial charge on any atom is -0.476 e. The second kappa shape index (κ2) is 4.12. The number of rotatable bonds is 2. The van der Waals surface area contributed by atoms with E-state index in [1.165, 1.54) is 0 Å². The molecule has 16 heavy (non-hydrogen) atoms. The Morgan fingerprint density at radius 1 is 1.56 bits per heavy atom. The number of hydrogen-bond acceptors (Lipinski definition) is 3.